The second-order valence-corrected chi connectivity index (χ2v) is 7.55. The SMILES string of the molecule is Cc1ccc(S(=O)/C=C/O[C@@H]2COC(c3ccccc3)O[C@H]2CC=O)cc1. The number of rotatable bonds is 7. The highest BCUT2D eigenvalue weighted by Crippen LogP contribution is 2.28. The lowest BCUT2D eigenvalue weighted by atomic mass is 10.1. The fourth-order valence-corrected chi connectivity index (χ4v) is 3.45. The molecule has 3 rings (SSSR count). The van der Waals surface area contributed by atoms with Crippen molar-refractivity contribution in [3.63, 3.8) is 0 Å². The maximum atomic E-state index is 12.3. The van der Waals surface area contributed by atoms with Crippen LogP contribution in [0.25, 0.3) is 0 Å². The summed E-state index contributed by atoms with van der Waals surface area (Å²) in [6.07, 6.45) is 1.00. The van der Waals surface area contributed by atoms with E-state index in [0.29, 0.717) is 4.90 Å². The van der Waals surface area contributed by atoms with Crippen molar-refractivity contribution >= 4 is 17.1 Å². The van der Waals surface area contributed by atoms with Crippen molar-refractivity contribution in [1.29, 1.82) is 0 Å². The van der Waals surface area contributed by atoms with Gasteiger partial charge in [0.1, 0.15) is 18.5 Å². The van der Waals surface area contributed by atoms with E-state index in [0.717, 1.165) is 17.4 Å². The predicted octanol–water partition coefficient (Wildman–Crippen LogP) is 3.66. The van der Waals surface area contributed by atoms with Crippen molar-refractivity contribution in [3.05, 3.63) is 77.4 Å². The van der Waals surface area contributed by atoms with Crippen LogP contribution in [-0.4, -0.2) is 29.3 Å². The van der Waals surface area contributed by atoms with E-state index in [1.165, 1.54) is 11.7 Å². The van der Waals surface area contributed by atoms with Crippen LogP contribution < -0.4 is 0 Å². The summed E-state index contributed by atoms with van der Waals surface area (Å²) in [5, 5.41) is 1.48. The third-order valence-electron chi connectivity index (χ3n) is 4.21. The summed E-state index contributed by atoms with van der Waals surface area (Å²) in [4.78, 5) is 11.7. The summed E-state index contributed by atoms with van der Waals surface area (Å²) in [6, 6.07) is 17.0. The number of aldehydes is 1. The Labute approximate surface area is 161 Å². The molecule has 1 heterocycles. The van der Waals surface area contributed by atoms with Crippen LogP contribution in [0.2, 0.25) is 0 Å². The molecule has 0 aliphatic carbocycles. The standard InChI is InChI=1S/C21H22O5S/c1-16-7-9-18(10-8-16)27(23)14-13-24-20-15-25-21(26-19(20)11-12-22)17-5-3-2-4-6-17/h2-10,12-14,19-21H,11,15H2,1H3/b14-13+/t19-,20+,21?,27?/m0/s1. The highest BCUT2D eigenvalue weighted by Gasteiger charge is 2.33. The van der Waals surface area contributed by atoms with Gasteiger partial charge in [-0.3, -0.25) is 0 Å². The molecule has 0 aromatic heterocycles. The van der Waals surface area contributed by atoms with Gasteiger partial charge in [0.2, 0.25) is 0 Å². The van der Waals surface area contributed by atoms with Crippen molar-refractivity contribution in [3.8, 4) is 0 Å². The molecule has 0 saturated carbocycles. The number of carbonyl (C=O) groups is 1. The number of hydrogen-bond donors (Lipinski definition) is 0. The Morgan fingerprint density at radius 1 is 1.15 bits per heavy atom. The van der Waals surface area contributed by atoms with Crippen molar-refractivity contribution in [1.82, 2.24) is 0 Å². The fourth-order valence-electron chi connectivity index (χ4n) is 2.72. The van der Waals surface area contributed by atoms with Crippen LogP contribution in [0.1, 0.15) is 23.8 Å². The van der Waals surface area contributed by atoms with E-state index in [1.54, 1.807) is 0 Å². The highest BCUT2D eigenvalue weighted by atomic mass is 32.2. The second kappa shape index (κ2) is 9.60. The minimum absolute atomic E-state index is 0.201. The zero-order chi connectivity index (χ0) is 19.1. The van der Waals surface area contributed by atoms with E-state index in [-0.39, 0.29) is 13.0 Å². The number of aryl methyl sites for hydroxylation is 1. The Balaban J connectivity index is 1.59. The monoisotopic (exact) mass is 386 g/mol. The molecule has 6 heteroatoms. The topological polar surface area (TPSA) is 61.8 Å². The smallest absolute Gasteiger partial charge is 0.184 e. The van der Waals surface area contributed by atoms with E-state index in [2.05, 4.69) is 0 Å². The Morgan fingerprint density at radius 3 is 2.59 bits per heavy atom. The first kappa shape index (κ1) is 19.5. The van der Waals surface area contributed by atoms with E-state index < -0.39 is 29.3 Å². The first-order chi connectivity index (χ1) is 13.2. The zero-order valence-corrected chi connectivity index (χ0v) is 15.8. The maximum absolute atomic E-state index is 12.3. The lowest BCUT2D eigenvalue weighted by Gasteiger charge is -2.35. The summed E-state index contributed by atoms with van der Waals surface area (Å²) >= 11 is 0. The minimum atomic E-state index is -1.30. The van der Waals surface area contributed by atoms with Crippen LogP contribution in [0.15, 0.2) is 71.2 Å². The molecule has 0 N–H and O–H groups in total. The molecule has 1 fully saturated rings. The summed E-state index contributed by atoms with van der Waals surface area (Å²) in [7, 11) is -1.30. The summed E-state index contributed by atoms with van der Waals surface area (Å²) in [5.41, 5.74) is 2.00. The lowest BCUT2D eigenvalue weighted by Crippen LogP contribution is -2.41. The van der Waals surface area contributed by atoms with Crippen LogP contribution in [0.3, 0.4) is 0 Å². The third-order valence-corrected chi connectivity index (χ3v) is 5.31. The van der Waals surface area contributed by atoms with Crippen molar-refractivity contribution in [2.75, 3.05) is 6.61 Å². The van der Waals surface area contributed by atoms with Gasteiger partial charge >= 0.3 is 0 Å². The van der Waals surface area contributed by atoms with Gasteiger partial charge in [0.15, 0.2) is 6.29 Å². The second-order valence-electron chi connectivity index (χ2n) is 6.21. The maximum Gasteiger partial charge on any atom is 0.184 e. The van der Waals surface area contributed by atoms with Gasteiger partial charge in [0, 0.05) is 22.3 Å². The molecule has 142 valence electrons. The molecule has 1 aliphatic rings. The zero-order valence-electron chi connectivity index (χ0n) is 15.0. The molecule has 1 aliphatic heterocycles. The molecular formula is C21H22O5S. The number of ether oxygens (including phenoxy) is 3. The molecule has 4 atom stereocenters. The highest BCUT2D eigenvalue weighted by molar-refractivity contribution is 7.88. The van der Waals surface area contributed by atoms with E-state index in [1.807, 2.05) is 61.5 Å². The van der Waals surface area contributed by atoms with Crippen LogP contribution in [0, 0.1) is 6.92 Å². The third kappa shape index (κ3) is 5.35. The minimum Gasteiger partial charge on any atom is -0.492 e. The van der Waals surface area contributed by atoms with Crippen molar-refractivity contribution in [2.45, 2.75) is 36.7 Å². The van der Waals surface area contributed by atoms with E-state index in [4.69, 9.17) is 14.2 Å². The van der Waals surface area contributed by atoms with Gasteiger partial charge < -0.3 is 19.0 Å². The molecule has 0 bridgehead atoms. The summed E-state index contributed by atoms with van der Waals surface area (Å²) < 4.78 is 29.6. The molecular weight excluding hydrogens is 364 g/mol. The van der Waals surface area contributed by atoms with Gasteiger partial charge in [-0.1, -0.05) is 48.0 Å². The molecule has 0 amide bonds. The summed E-state index contributed by atoms with van der Waals surface area (Å²) in [6.45, 7) is 2.25. The number of hydrogen-bond acceptors (Lipinski definition) is 5. The van der Waals surface area contributed by atoms with Crippen molar-refractivity contribution < 1.29 is 23.2 Å². The first-order valence-electron chi connectivity index (χ1n) is 8.72. The normalized spacial score (nSPS) is 23.8. The lowest BCUT2D eigenvalue weighted by molar-refractivity contribution is -0.256. The molecule has 5 nitrogen and oxygen atoms in total. The largest absolute Gasteiger partial charge is 0.492 e. The molecule has 2 aromatic carbocycles. The quantitative estimate of drug-likeness (QED) is 0.537. The Hall–Kier alpha value is -2.28. The Kier molecular flexibility index (Phi) is 6.92. The molecule has 2 aromatic rings. The van der Waals surface area contributed by atoms with Gasteiger partial charge in [-0.25, -0.2) is 4.21 Å². The molecule has 2 unspecified atom stereocenters. The Morgan fingerprint density at radius 2 is 1.89 bits per heavy atom. The van der Waals surface area contributed by atoms with Crippen LogP contribution in [-0.2, 0) is 29.8 Å². The molecule has 0 radical (unpaired) electrons. The first-order valence-corrected chi connectivity index (χ1v) is 9.93. The predicted molar refractivity (Wildman–Crippen MR) is 102 cm³/mol. The van der Waals surface area contributed by atoms with Crippen LogP contribution in [0.4, 0.5) is 0 Å². The number of carbonyl (C=O) groups excluding carboxylic acids is 1. The van der Waals surface area contributed by atoms with Crippen LogP contribution >= 0.6 is 0 Å². The van der Waals surface area contributed by atoms with Gasteiger partial charge in [-0.2, -0.15) is 0 Å². The molecule has 0 spiro atoms. The van der Waals surface area contributed by atoms with Gasteiger partial charge in [-0.15, -0.1) is 0 Å². The Bertz CT molecular complexity index is 788. The molecule has 27 heavy (non-hydrogen) atoms. The fraction of sp³-hybridized carbons (Fsp3) is 0.286. The van der Waals surface area contributed by atoms with E-state index >= 15 is 0 Å². The van der Waals surface area contributed by atoms with Gasteiger partial charge in [0.25, 0.3) is 0 Å². The van der Waals surface area contributed by atoms with E-state index in [9.17, 15) is 9.00 Å². The van der Waals surface area contributed by atoms with Gasteiger partial charge in [0.05, 0.1) is 23.7 Å². The van der Waals surface area contributed by atoms with Crippen molar-refractivity contribution in [2.24, 2.45) is 0 Å². The van der Waals surface area contributed by atoms with Crippen LogP contribution in [0.5, 0.6) is 0 Å². The average Bonchev–Trinajstić information content (AvgIpc) is 2.70. The summed E-state index contributed by atoms with van der Waals surface area (Å²) in [5.74, 6) is 0. The molecule has 1 saturated heterocycles. The van der Waals surface area contributed by atoms with Gasteiger partial charge in [-0.05, 0) is 19.1 Å². The number of benzene rings is 2. The average molecular weight is 386 g/mol.